The van der Waals surface area contributed by atoms with E-state index in [-0.39, 0.29) is 0 Å². The van der Waals surface area contributed by atoms with Gasteiger partial charge in [0, 0.05) is 33.2 Å². The van der Waals surface area contributed by atoms with Gasteiger partial charge in [-0.1, -0.05) is 176 Å². The number of hydrogen-bond donors (Lipinski definition) is 0. The molecule has 0 saturated carbocycles. The molecular formula is C53H35N3. The van der Waals surface area contributed by atoms with Gasteiger partial charge in [0.1, 0.15) is 0 Å². The Morgan fingerprint density at radius 3 is 1.64 bits per heavy atom. The molecule has 0 radical (unpaired) electrons. The molecule has 2 aromatic heterocycles. The van der Waals surface area contributed by atoms with E-state index in [9.17, 15) is 0 Å². The van der Waals surface area contributed by atoms with Gasteiger partial charge in [-0.05, 0) is 69.8 Å². The van der Waals surface area contributed by atoms with Crippen molar-refractivity contribution < 1.29 is 0 Å². The van der Waals surface area contributed by atoms with Crippen LogP contribution in [-0.4, -0.2) is 14.5 Å². The number of para-hydroxylation sites is 1. The second-order valence-electron chi connectivity index (χ2n) is 14.5. The van der Waals surface area contributed by atoms with Gasteiger partial charge in [-0.2, -0.15) is 0 Å². The lowest BCUT2D eigenvalue weighted by Gasteiger charge is -2.34. The van der Waals surface area contributed by atoms with E-state index >= 15 is 0 Å². The van der Waals surface area contributed by atoms with E-state index < -0.39 is 5.41 Å². The minimum absolute atomic E-state index is 0.492. The van der Waals surface area contributed by atoms with E-state index in [4.69, 9.17) is 9.97 Å². The van der Waals surface area contributed by atoms with Crippen molar-refractivity contribution in [3.63, 3.8) is 0 Å². The SMILES string of the molecule is c1ccc(-c2cc(-c3cccc(-n4c5ccccc5c5cc6c(cc54)C(c4ccccc4)(c4ccccc4)c4ccccc4-6)c3)nc(-c3ccccc3)n2)cc1. The predicted octanol–water partition coefficient (Wildman–Crippen LogP) is 12.9. The molecule has 0 unspecified atom stereocenters. The van der Waals surface area contributed by atoms with Crippen molar-refractivity contribution in [1.82, 2.24) is 14.5 Å². The lowest BCUT2D eigenvalue weighted by Crippen LogP contribution is -2.28. The van der Waals surface area contributed by atoms with Crippen molar-refractivity contribution in [3.8, 4) is 50.7 Å². The standard InChI is InChI=1S/C53H35N3/c1-5-18-36(19-6-1)48-35-49(55-52(54-48)37-20-7-2-8-21-37)38-22-17-27-41(32-38)56-50-31-16-14-29-43(50)45-33-44-42-28-13-15-30-46(42)53(47(44)34-51(45)56,39-23-9-3-10-24-39)40-25-11-4-12-26-40/h1-35H. The van der Waals surface area contributed by atoms with E-state index in [1.807, 2.05) is 24.3 Å². The smallest absolute Gasteiger partial charge is 0.160 e. The van der Waals surface area contributed by atoms with Crippen LogP contribution in [0.2, 0.25) is 0 Å². The van der Waals surface area contributed by atoms with Gasteiger partial charge in [-0.25, -0.2) is 9.97 Å². The van der Waals surface area contributed by atoms with Crippen LogP contribution < -0.4 is 0 Å². The van der Waals surface area contributed by atoms with Gasteiger partial charge in [-0.3, -0.25) is 0 Å². The maximum absolute atomic E-state index is 5.18. The number of hydrogen-bond acceptors (Lipinski definition) is 2. The van der Waals surface area contributed by atoms with Crippen LogP contribution in [0, 0.1) is 0 Å². The van der Waals surface area contributed by atoms with Crippen LogP contribution in [0.3, 0.4) is 0 Å². The Kier molecular flexibility index (Phi) is 7.39. The Balaban J connectivity index is 1.17. The first kappa shape index (κ1) is 32.1. The summed E-state index contributed by atoms with van der Waals surface area (Å²) >= 11 is 0. The molecule has 2 heterocycles. The Morgan fingerprint density at radius 1 is 0.357 bits per heavy atom. The number of fused-ring (bicyclic) bond motifs is 6. The summed E-state index contributed by atoms with van der Waals surface area (Å²) in [6.07, 6.45) is 0. The summed E-state index contributed by atoms with van der Waals surface area (Å²) in [5.41, 5.74) is 15.4. The molecule has 1 aliphatic carbocycles. The highest BCUT2D eigenvalue weighted by Gasteiger charge is 2.46. The summed E-state index contributed by atoms with van der Waals surface area (Å²) in [5.74, 6) is 0.706. The van der Waals surface area contributed by atoms with Crippen molar-refractivity contribution in [2.24, 2.45) is 0 Å². The van der Waals surface area contributed by atoms with Crippen LogP contribution in [0.5, 0.6) is 0 Å². The first-order valence-electron chi connectivity index (χ1n) is 19.2. The first-order chi connectivity index (χ1) is 27.8. The maximum Gasteiger partial charge on any atom is 0.160 e. The van der Waals surface area contributed by atoms with Crippen LogP contribution in [0.15, 0.2) is 212 Å². The van der Waals surface area contributed by atoms with Gasteiger partial charge in [-0.15, -0.1) is 0 Å². The third-order valence-electron chi connectivity index (χ3n) is 11.5. The summed E-state index contributed by atoms with van der Waals surface area (Å²) in [6.45, 7) is 0. The zero-order chi connectivity index (χ0) is 37.1. The Hall–Kier alpha value is -7.36. The normalized spacial score (nSPS) is 12.8. The summed E-state index contributed by atoms with van der Waals surface area (Å²) < 4.78 is 2.44. The topological polar surface area (TPSA) is 30.7 Å². The average molecular weight is 714 g/mol. The molecule has 10 aromatic rings. The third kappa shape index (κ3) is 4.91. The van der Waals surface area contributed by atoms with Gasteiger partial charge in [0.2, 0.25) is 0 Å². The molecule has 262 valence electrons. The number of rotatable bonds is 6. The lowest BCUT2D eigenvalue weighted by molar-refractivity contribution is 0.769. The van der Waals surface area contributed by atoms with E-state index in [0.717, 1.165) is 33.8 Å². The summed E-state index contributed by atoms with van der Waals surface area (Å²) in [4.78, 5) is 10.2. The molecule has 3 heteroatoms. The molecule has 0 amide bonds. The Bertz CT molecular complexity index is 2960. The molecule has 0 fully saturated rings. The van der Waals surface area contributed by atoms with Crippen LogP contribution in [0.4, 0.5) is 0 Å². The fraction of sp³-hybridized carbons (Fsp3) is 0.0189. The second kappa shape index (κ2) is 12.9. The van der Waals surface area contributed by atoms with Crippen molar-refractivity contribution in [1.29, 1.82) is 0 Å². The lowest BCUT2D eigenvalue weighted by atomic mass is 9.67. The largest absolute Gasteiger partial charge is 0.309 e. The number of nitrogens with zero attached hydrogens (tertiary/aromatic N) is 3. The molecule has 0 spiro atoms. The van der Waals surface area contributed by atoms with E-state index in [2.05, 4.69) is 193 Å². The molecule has 0 saturated heterocycles. The van der Waals surface area contributed by atoms with E-state index in [1.54, 1.807) is 0 Å². The van der Waals surface area contributed by atoms with Gasteiger partial charge in [0.05, 0.1) is 27.8 Å². The van der Waals surface area contributed by atoms with Crippen molar-refractivity contribution in [2.45, 2.75) is 5.41 Å². The Morgan fingerprint density at radius 2 is 0.929 bits per heavy atom. The predicted molar refractivity (Wildman–Crippen MR) is 230 cm³/mol. The van der Waals surface area contributed by atoms with Gasteiger partial charge in [0.15, 0.2) is 5.82 Å². The maximum atomic E-state index is 5.18. The monoisotopic (exact) mass is 713 g/mol. The fourth-order valence-electron chi connectivity index (χ4n) is 9.05. The van der Waals surface area contributed by atoms with Crippen molar-refractivity contribution in [3.05, 3.63) is 235 Å². The van der Waals surface area contributed by atoms with Crippen molar-refractivity contribution in [2.75, 3.05) is 0 Å². The molecule has 0 bridgehead atoms. The first-order valence-corrected chi connectivity index (χ1v) is 19.2. The molecule has 0 N–H and O–H groups in total. The van der Waals surface area contributed by atoms with Crippen LogP contribution in [-0.2, 0) is 5.41 Å². The van der Waals surface area contributed by atoms with Crippen LogP contribution >= 0.6 is 0 Å². The fourth-order valence-corrected chi connectivity index (χ4v) is 9.05. The van der Waals surface area contributed by atoms with E-state index in [1.165, 1.54) is 55.2 Å². The van der Waals surface area contributed by atoms with Crippen molar-refractivity contribution >= 4 is 21.8 Å². The van der Waals surface area contributed by atoms with Crippen LogP contribution in [0.25, 0.3) is 72.5 Å². The summed E-state index contributed by atoms with van der Waals surface area (Å²) in [5, 5.41) is 2.46. The quantitative estimate of drug-likeness (QED) is 0.172. The highest BCUT2D eigenvalue weighted by atomic mass is 15.0. The molecule has 0 atom stereocenters. The molecule has 8 aromatic carbocycles. The average Bonchev–Trinajstić information content (AvgIpc) is 3.76. The highest BCUT2D eigenvalue weighted by molar-refractivity contribution is 6.12. The van der Waals surface area contributed by atoms with Gasteiger partial charge >= 0.3 is 0 Å². The number of benzene rings is 8. The highest BCUT2D eigenvalue weighted by Crippen LogP contribution is 2.57. The minimum Gasteiger partial charge on any atom is -0.309 e. The minimum atomic E-state index is -0.492. The molecule has 3 nitrogen and oxygen atoms in total. The van der Waals surface area contributed by atoms with Crippen LogP contribution in [0.1, 0.15) is 22.3 Å². The Labute approximate surface area is 325 Å². The van der Waals surface area contributed by atoms with E-state index in [0.29, 0.717) is 5.82 Å². The molecule has 1 aliphatic rings. The second-order valence-corrected chi connectivity index (χ2v) is 14.5. The molecule has 11 rings (SSSR count). The zero-order valence-electron chi connectivity index (χ0n) is 30.5. The zero-order valence-corrected chi connectivity index (χ0v) is 30.5. The number of aromatic nitrogens is 3. The van der Waals surface area contributed by atoms with Gasteiger partial charge in [0.25, 0.3) is 0 Å². The molecular weight excluding hydrogens is 679 g/mol. The molecule has 56 heavy (non-hydrogen) atoms. The summed E-state index contributed by atoms with van der Waals surface area (Å²) in [6, 6.07) is 76.3. The summed E-state index contributed by atoms with van der Waals surface area (Å²) in [7, 11) is 0. The molecule has 0 aliphatic heterocycles. The van der Waals surface area contributed by atoms with Gasteiger partial charge < -0.3 is 4.57 Å². The third-order valence-corrected chi connectivity index (χ3v) is 11.5.